The number of amides is 1. The van der Waals surface area contributed by atoms with Crippen molar-refractivity contribution < 1.29 is 13.6 Å². The Balaban J connectivity index is 2.18. The Morgan fingerprint density at radius 3 is 3.00 bits per heavy atom. The lowest BCUT2D eigenvalue weighted by Crippen LogP contribution is -2.31. The third-order valence-corrected chi connectivity index (χ3v) is 1.32. The number of H-pyrrole nitrogens is 1. The highest BCUT2D eigenvalue weighted by molar-refractivity contribution is 5.78. The Kier molecular flexibility index (Phi) is 3.30. The molecule has 0 radical (unpaired) electrons. The molecule has 0 bridgehead atoms. The predicted molar refractivity (Wildman–Crippen MR) is 39.1 cm³/mol. The van der Waals surface area contributed by atoms with Gasteiger partial charge >= 0.3 is 6.43 Å². The zero-order valence-electron chi connectivity index (χ0n) is 6.63. The first-order valence-electron chi connectivity index (χ1n) is 3.60. The van der Waals surface area contributed by atoms with Crippen molar-refractivity contribution in [2.24, 2.45) is 0 Å². The molecule has 1 heterocycles. The number of aromatic amines is 1. The Morgan fingerprint density at radius 2 is 2.46 bits per heavy atom. The average Bonchev–Trinajstić information content (AvgIpc) is 2.56. The van der Waals surface area contributed by atoms with E-state index >= 15 is 0 Å². The van der Waals surface area contributed by atoms with E-state index in [1.807, 2.05) is 5.32 Å². The van der Waals surface area contributed by atoms with Crippen LogP contribution in [0.5, 0.6) is 0 Å². The summed E-state index contributed by atoms with van der Waals surface area (Å²) in [5.74, 6) is -0.714. The zero-order chi connectivity index (χ0) is 9.68. The van der Waals surface area contributed by atoms with Crippen molar-refractivity contribution in [3.05, 3.63) is 12.2 Å². The molecule has 0 spiro atoms. The number of aromatic nitrogens is 3. The van der Waals surface area contributed by atoms with Gasteiger partial charge in [-0.1, -0.05) is 0 Å². The summed E-state index contributed by atoms with van der Waals surface area (Å²) >= 11 is 0. The summed E-state index contributed by atoms with van der Waals surface area (Å²) in [6.07, 6.45) is -1.29. The molecule has 0 saturated heterocycles. The summed E-state index contributed by atoms with van der Waals surface area (Å²) in [5.41, 5.74) is 0. The van der Waals surface area contributed by atoms with Crippen molar-refractivity contribution in [1.82, 2.24) is 20.5 Å². The van der Waals surface area contributed by atoms with Crippen LogP contribution in [0.3, 0.4) is 0 Å². The largest absolute Gasteiger partial charge is 0.351 e. The van der Waals surface area contributed by atoms with Crippen molar-refractivity contribution in [3.8, 4) is 0 Å². The zero-order valence-corrected chi connectivity index (χ0v) is 6.63. The molecule has 0 unspecified atom stereocenters. The molecule has 0 aliphatic carbocycles. The minimum absolute atomic E-state index is 0.123. The van der Waals surface area contributed by atoms with E-state index in [0.29, 0.717) is 12.2 Å². The Morgan fingerprint density at radius 1 is 1.69 bits per heavy atom. The second-order valence-electron chi connectivity index (χ2n) is 2.27. The SMILES string of the molecule is O=C(NCCc1ncn[nH]1)C(F)F. The minimum Gasteiger partial charge on any atom is -0.351 e. The van der Waals surface area contributed by atoms with Gasteiger partial charge in [-0.25, -0.2) is 4.98 Å². The summed E-state index contributed by atoms with van der Waals surface area (Å²) in [7, 11) is 0. The molecule has 1 rings (SSSR count). The lowest BCUT2D eigenvalue weighted by Gasteiger charge is -2.01. The maximum atomic E-state index is 11.6. The standard InChI is InChI=1S/C6H8F2N4O/c7-5(8)6(13)9-2-1-4-10-3-11-12-4/h3,5H,1-2H2,(H,9,13)(H,10,11,12). The maximum Gasteiger partial charge on any atom is 0.315 e. The molecule has 0 saturated carbocycles. The Labute approximate surface area is 72.6 Å². The van der Waals surface area contributed by atoms with E-state index in [2.05, 4.69) is 15.2 Å². The van der Waals surface area contributed by atoms with Crippen LogP contribution in [0, 0.1) is 0 Å². The van der Waals surface area contributed by atoms with Crippen LogP contribution < -0.4 is 5.32 Å². The van der Waals surface area contributed by atoms with E-state index in [0.717, 1.165) is 0 Å². The number of hydrogen-bond donors (Lipinski definition) is 2. The van der Waals surface area contributed by atoms with Crippen LogP contribution in [0.2, 0.25) is 0 Å². The maximum absolute atomic E-state index is 11.6. The molecular weight excluding hydrogens is 182 g/mol. The predicted octanol–water partition coefficient (Wildman–Crippen LogP) is -0.272. The summed E-state index contributed by atoms with van der Waals surface area (Å²) < 4.78 is 23.3. The van der Waals surface area contributed by atoms with Crippen LogP contribution >= 0.6 is 0 Å². The number of alkyl halides is 2. The van der Waals surface area contributed by atoms with Gasteiger partial charge in [-0.05, 0) is 0 Å². The van der Waals surface area contributed by atoms with Gasteiger partial charge in [0.15, 0.2) is 0 Å². The van der Waals surface area contributed by atoms with Gasteiger partial charge in [0.2, 0.25) is 0 Å². The molecule has 7 heteroatoms. The lowest BCUT2D eigenvalue weighted by molar-refractivity contribution is -0.131. The molecule has 0 atom stereocenters. The van der Waals surface area contributed by atoms with Gasteiger partial charge < -0.3 is 5.32 Å². The Bertz CT molecular complexity index is 262. The quantitative estimate of drug-likeness (QED) is 0.686. The summed E-state index contributed by atoms with van der Waals surface area (Å²) in [4.78, 5) is 14.1. The van der Waals surface area contributed by atoms with Gasteiger partial charge in [0.25, 0.3) is 5.91 Å². The van der Waals surface area contributed by atoms with E-state index in [1.165, 1.54) is 6.33 Å². The number of nitrogens with one attached hydrogen (secondary N) is 2. The summed E-state index contributed by atoms with van der Waals surface area (Å²) in [5, 5.41) is 8.14. The highest BCUT2D eigenvalue weighted by Gasteiger charge is 2.13. The molecule has 0 aromatic carbocycles. The number of carbonyl (C=O) groups is 1. The number of halogens is 2. The van der Waals surface area contributed by atoms with E-state index in [1.54, 1.807) is 0 Å². The smallest absolute Gasteiger partial charge is 0.315 e. The van der Waals surface area contributed by atoms with Crippen LogP contribution in [-0.2, 0) is 11.2 Å². The molecule has 1 amide bonds. The first-order chi connectivity index (χ1) is 6.20. The van der Waals surface area contributed by atoms with Crippen LogP contribution in [0.25, 0.3) is 0 Å². The third kappa shape index (κ3) is 3.14. The van der Waals surface area contributed by atoms with Crippen LogP contribution in [-0.4, -0.2) is 34.1 Å². The number of rotatable bonds is 4. The van der Waals surface area contributed by atoms with Crippen molar-refractivity contribution in [2.75, 3.05) is 6.54 Å². The minimum atomic E-state index is -2.96. The number of carbonyl (C=O) groups excluding carboxylic acids is 1. The van der Waals surface area contributed by atoms with Crippen LogP contribution in [0.1, 0.15) is 5.82 Å². The van der Waals surface area contributed by atoms with E-state index in [9.17, 15) is 13.6 Å². The molecule has 72 valence electrons. The normalized spacial score (nSPS) is 10.4. The average molecular weight is 190 g/mol. The molecule has 13 heavy (non-hydrogen) atoms. The molecule has 1 aromatic heterocycles. The van der Waals surface area contributed by atoms with Gasteiger partial charge in [0.1, 0.15) is 12.2 Å². The molecule has 2 N–H and O–H groups in total. The van der Waals surface area contributed by atoms with Crippen molar-refractivity contribution >= 4 is 5.91 Å². The Hall–Kier alpha value is -1.53. The van der Waals surface area contributed by atoms with E-state index in [-0.39, 0.29) is 6.54 Å². The van der Waals surface area contributed by atoms with Crippen molar-refractivity contribution in [2.45, 2.75) is 12.8 Å². The first kappa shape index (κ1) is 9.56. The first-order valence-corrected chi connectivity index (χ1v) is 3.60. The number of hydrogen-bond acceptors (Lipinski definition) is 3. The van der Waals surface area contributed by atoms with Gasteiger partial charge in [0.05, 0.1) is 0 Å². The summed E-state index contributed by atoms with van der Waals surface area (Å²) in [6.45, 7) is 0.123. The molecular formula is C6H8F2N4O. The molecule has 0 aliphatic rings. The molecule has 1 aromatic rings. The molecule has 0 fully saturated rings. The second kappa shape index (κ2) is 4.48. The highest BCUT2D eigenvalue weighted by atomic mass is 19.3. The fraction of sp³-hybridized carbons (Fsp3) is 0.500. The van der Waals surface area contributed by atoms with Gasteiger partial charge in [-0.3, -0.25) is 9.89 Å². The fourth-order valence-electron chi connectivity index (χ4n) is 0.733. The summed E-state index contributed by atoms with van der Waals surface area (Å²) in [6, 6.07) is 0. The van der Waals surface area contributed by atoms with Gasteiger partial charge in [-0.15, -0.1) is 0 Å². The highest BCUT2D eigenvalue weighted by Crippen LogP contribution is 1.91. The van der Waals surface area contributed by atoms with Crippen LogP contribution in [0.15, 0.2) is 6.33 Å². The second-order valence-corrected chi connectivity index (χ2v) is 2.27. The van der Waals surface area contributed by atoms with Crippen molar-refractivity contribution in [1.29, 1.82) is 0 Å². The van der Waals surface area contributed by atoms with Gasteiger partial charge in [-0.2, -0.15) is 13.9 Å². The van der Waals surface area contributed by atoms with E-state index in [4.69, 9.17) is 0 Å². The third-order valence-electron chi connectivity index (χ3n) is 1.32. The molecule has 5 nitrogen and oxygen atoms in total. The topological polar surface area (TPSA) is 70.7 Å². The van der Waals surface area contributed by atoms with E-state index < -0.39 is 12.3 Å². The fourth-order valence-corrected chi connectivity index (χ4v) is 0.733. The van der Waals surface area contributed by atoms with Gasteiger partial charge in [0, 0.05) is 13.0 Å². The van der Waals surface area contributed by atoms with Crippen molar-refractivity contribution in [3.63, 3.8) is 0 Å². The lowest BCUT2D eigenvalue weighted by atomic mass is 10.4. The monoisotopic (exact) mass is 190 g/mol. The number of nitrogens with zero attached hydrogens (tertiary/aromatic N) is 2. The molecule has 0 aliphatic heterocycles. The van der Waals surface area contributed by atoms with Crippen LogP contribution in [0.4, 0.5) is 8.78 Å².